The van der Waals surface area contributed by atoms with E-state index >= 15 is 0 Å². The third-order valence-corrected chi connectivity index (χ3v) is 4.96. The van der Waals surface area contributed by atoms with Gasteiger partial charge in [0.15, 0.2) is 0 Å². The van der Waals surface area contributed by atoms with Crippen LogP contribution in [0.15, 0.2) is 0 Å². The molecule has 4 nitrogen and oxygen atoms in total. The topological polar surface area (TPSA) is 50.4 Å². The quantitative estimate of drug-likeness (QED) is 0.786. The van der Waals surface area contributed by atoms with E-state index in [1.54, 1.807) is 0 Å². The van der Waals surface area contributed by atoms with E-state index < -0.39 is 0 Å². The van der Waals surface area contributed by atoms with E-state index in [-0.39, 0.29) is 29.8 Å². The van der Waals surface area contributed by atoms with E-state index in [4.69, 9.17) is 4.74 Å². The average molecular weight is 333 g/mol. The number of carbonyl (C=O) groups excluding carboxylic acids is 1. The van der Waals surface area contributed by atoms with Gasteiger partial charge in [-0.25, -0.2) is 0 Å². The molecule has 1 aliphatic carbocycles. The Bertz CT molecular complexity index is 333. The molecule has 0 unspecified atom stereocenters. The van der Waals surface area contributed by atoms with Gasteiger partial charge in [-0.3, -0.25) is 4.79 Å². The highest BCUT2D eigenvalue weighted by atomic mass is 35.5. The van der Waals surface area contributed by atoms with Gasteiger partial charge in [0.05, 0.1) is 5.60 Å². The molecule has 1 heterocycles. The van der Waals surface area contributed by atoms with Crippen molar-refractivity contribution in [2.45, 2.75) is 76.9 Å². The zero-order chi connectivity index (χ0) is 15.1. The molecule has 1 aliphatic heterocycles. The molecule has 1 amide bonds. The van der Waals surface area contributed by atoms with E-state index in [0.29, 0.717) is 12.6 Å². The summed E-state index contributed by atoms with van der Waals surface area (Å²) in [6, 6.07) is 0.453. The van der Waals surface area contributed by atoms with E-state index in [2.05, 4.69) is 24.5 Å². The number of nitrogens with one attached hydrogen (secondary N) is 2. The molecule has 2 rings (SSSR count). The molecule has 2 aliphatic rings. The predicted molar refractivity (Wildman–Crippen MR) is 92.5 cm³/mol. The van der Waals surface area contributed by atoms with Gasteiger partial charge in [-0.2, -0.15) is 0 Å². The maximum Gasteiger partial charge on any atom is 0.223 e. The first-order chi connectivity index (χ1) is 10.2. The largest absolute Gasteiger partial charge is 0.373 e. The highest BCUT2D eigenvalue weighted by Gasteiger charge is 2.34. The second-order valence-corrected chi connectivity index (χ2v) is 6.89. The molecular formula is C17H33ClN2O2. The van der Waals surface area contributed by atoms with Crippen LogP contribution in [0, 0.1) is 5.92 Å². The first kappa shape index (κ1) is 19.7. The fraction of sp³-hybridized carbons (Fsp3) is 0.941. The van der Waals surface area contributed by atoms with Gasteiger partial charge in [-0.15, -0.1) is 12.4 Å². The van der Waals surface area contributed by atoms with E-state index in [9.17, 15) is 4.79 Å². The average Bonchev–Trinajstić information content (AvgIpc) is 2.52. The standard InChI is InChI=1S/C17H32N2O2.ClH/c1-3-11-21-17(8-5-4-6-9-17)13-19-16(20)15-7-10-18-14(2)12-15;/h14-15,18H,3-13H2,1-2H3,(H,19,20);1H/t14-,15-;/m0./s1. The van der Waals surface area contributed by atoms with Gasteiger partial charge in [0.25, 0.3) is 0 Å². The summed E-state index contributed by atoms with van der Waals surface area (Å²) in [5, 5.41) is 6.60. The number of piperidine rings is 1. The molecule has 5 heteroatoms. The summed E-state index contributed by atoms with van der Waals surface area (Å²) in [7, 11) is 0. The van der Waals surface area contributed by atoms with Crippen molar-refractivity contribution < 1.29 is 9.53 Å². The smallest absolute Gasteiger partial charge is 0.223 e. The number of hydrogen-bond donors (Lipinski definition) is 2. The lowest BCUT2D eigenvalue weighted by Gasteiger charge is -2.38. The summed E-state index contributed by atoms with van der Waals surface area (Å²) >= 11 is 0. The number of rotatable bonds is 6. The fourth-order valence-corrected chi connectivity index (χ4v) is 3.65. The van der Waals surface area contributed by atoms with Crippen molar-refractivity contribution >= 4 is 18.3 Å². The minimum absolute atomic E-state index is 0. The summed E-state index contributed by atoms with van der Waals surface area (Å²) in [6.07, 6.45) is 8.89. The van der Waals surface area contributed by atoms with Crippen molar-refractivity contribution in [3.63, 3.8) is 0 Å². The third-order valence-electron chi connectivity index (χ3n) is 4.96. The molecule has 0 aromatic carbocycles. The number of amides is 1. The molecule has 2 atom stereocenters. The van der Waals surface area contributed by atoms with Crippen molar-refractivity contribution in [2.75, 3.05) is 19.7 Å². The van der Waals surface area contributed by atoms with Crippen molar-refractivity contribution in [3.8, 4) is 0 Å². The highest BCUT2D eigenvalue weighted by molar-refractivity contribution is 5.85. The molecule has 1 saturated heterocycles. The van der Waals surface area contributed by atoms with Crippen molar-refractivity contribution in [1.29, 1.82) is 0 Å². The number of halogens is 1. The lowest BCUT2D eigenvalue weighted by Crippen LogP contribution is -2.49. The summed E-state index contributed by atoms with van der Waals surface area (Å²) in [6.45, 7) is 6.76. The van der Waals surface area contributed by atoms with Crippen molar-refractivity contribution in [2.24, 2.45) is 5.92 Å². The van der Waals surface area contributed by atoms with Crippen LogP contribution in [0.25, 0.3) is 0 Å². The van der Waals surface area contributed by atoms with Gasteiger partial charge in [0.2, 0.25) is 5.91 Å². The molecule has 2 fully saturated rings. The summed E-state index contributed by atoms with van der Waals surface area (Å²) in [5.41, 5.74) is -0.0948. The second kappa shape index (κ2) is 9.74. The normalized spacial score (nSPS) is 27.7. The Morgan fingerprint density at radius 1 is 1.32 bits per heavy atom. The lowest BCUT2D eigenvalue weighted by molar-refractivity contribution is -0.129. The number of ether oxygens (including phenoxy) is 1. The Morgan fingerprint density at radius 3 is 2.68 bits per heavy atom. The van der Waals surface area contributed by atoms with E-state index in [1.807, 2.05) is 0 Å². The Labute approximate surface area is 141 Å². The molecule has 22 heavy (non-hydrogen) atoms. The van der Waals surface area contributed by atoms with Gasteiger partial charge in [0.1, 0.15) is 0 Å². The predicted octanol–water partition coefficient (Wildman–Crippen LogP) is 3.04. The van der Waals surface area contributed by atoms with Crippen molar-refractivity contribution in [1.82, 2.24) is 10.6 Å². The van der Waals surface area contributed by atoms with E-state index in [0.717, 1.165) is 45.3 Å². The fourth-order valence-electron chi connectivity index (χ4n) is 3.65. The molecule has 130 valence electrons. The SMILES string of the molecule is CCCOC1(CNC(=O)[C@H]2CCN[C@@H](C)C2)CCCCC1.Cl. The van der Waals surface area contributed by atoms with Crippen LogP contribution in [0.2, 0.25) is 0 Å². The zero-order valence-electron chi connectivity index (χ0n) is 14.2. The van der Waals surface area contributed by atoms with Crippen LogP contribution in [-0.2, 0) is 9.53 Å². The van der Waals surface area contributed by atoms with Crippen LogP contribution < -0.4 is 10.6 Å². The van der Waals surface area contributed by atoms with Crippen LogP contribution in [0.3, 0.4) is 0 Å². The van der Waals surface area contributed by atoms with Gasteiger partial charge < -0.3 is 15.4 Å². The zero-order valence-corrected chi connectivity index (χ0v) is 15.0. The van der Waals surface area contributed by atoms with Crippen LogP contribution >= 0.6 is 12.4 Å². The molecule has 2 N–H and O–H groups in total. The monoisotopic (exact) mass is 332 g/mol. The molecule has 0 spiro atoms. The number of hydrogen-bond acceptors (Lipinski definition) is 3. The Balaban J connectivity index is 0.00000242. The number of carbonyl (C=O) groups is 1. The first-order valence-electron chi connectivity index (χ1n) is 8.80. The Kier molecular flexibility index (Phi) is 8.73. The van der Waals surface area contributed by atoms with Crippen LogP contribution in [0.5, 0.6) is 0 Å². The Hall–Kier alpha value is -0.320. The summed E-state index contributed by atoms with van der Waals surface area (Å²) in [5.74, 6) is 0.404. The molecule has 0 radical (unpaired) electrons. The lowest BCUT2D eigenvalue weighted by atomic mass is 9.84. The second-order valence-electron chi connectivity index (χ2n) is 6.89. The minimum atomic E-state index is -0.0948. The molecule has 1 saturated carbocycles. The van der Waals surface area contributed by atoms with E-state index in [1.165, 1.54) is 19.3 Å². The van der Waals surface area contributed by atoms with Crippen LogP contribution in [0.1, 0.15) is 65.2 Å². The first-order valence-corrected chi connectivity index (χ1v) is 8.80. The van der Waals surface area contributed by atoms with Gasteiger partial charge in [-0.05, 0) is 45.6 Å². The Morgan fingerprint density at radius 2 is 2.05 bits per heavy atom. The molecule has 0 bridgehead atoms. The van der Waals surface area contributed by atoms with Crippen LogP contribution in [-0.4, -0.2) is 37.2 Å². The van der Waals surface area contributed by atoms with Gasteiger partial charge in [-0.1, -0.05) is 26.2 Å². The van der Waals surface area contributed by atoms with Gasteiger partial charge in [0, 0.05) is 25.1 Å². The molecule has 0 aromatic heterocycles. The minimum Gasteiger partial charge on any atom is -0.373 e. The highest BCUT2D eigenvalue weighted by Crippen LogP contribution is 2.31. The molecular weight excluding hydrogens is 300 g/mol. The maximum absolute atomic E-state index is 12.4. The van der Waals surface area contributed by atoms with Crippen molar-refractivity contribution in [3.05, 3.63) is 0 Å². The van der Waals surface area contributed by atoms with Gasteiger partial charge >= 0.3 is 0 Å². The summed E-state index contributed by atoms with van der Waals surface area (Å²) in [4.78, 5) is 12.4. The maximum atomic E-state index is 12.4. The van der Waals surface area contributed by atoms with Crippen LogP contribution in [0.4, 0.5) is 0 Å². The summed E-state index contributed by atoms with van der Waals surface area (Å²) < 4.78 is 6.15. The third kappa shape index (κ3) is 5.71. The molecule has 0 aromatic rings.